The van der Waals surface area contributed by atoms with E-state index in [4.69, 9.17) is 9.47 Å². The molecule has 2 atom stereocenters. The highest BCUT2D eigenvalue weighted by atomic mass is 16.6. The number of amides is 1. The second-order valence-electron chi connectivity index (χ2n) is 8.90. The van der Waals surface area contributed by atoms with E-state index < -0.39 is 29.8 Å². The van der Waals surface area contributed by atoms with Crippen LogP contribution >= 0.6 is 0 Å². The van der Waals surface area contributed by atoms with Crippen molar-refractivity contribution in [1.29, 1.82) is 0 Å². The summed E-state index contributed by atoms with van der Waals surface area (Å²) in [6.07, 6.45) is -1.23. The van der Waals surface area contributed by atoms with Gasteiger partial charge in [0.2, 0.25) is 0 Å². The maximum Gasteiger partial charge on any atom is 0.410 e. The normalized spacial score (nSPS) is 20.6. The Hall–Kier alpha value is -2.86. The first-order valence-corrected chi connectivity index (χ1v) is 10.3. The van der Waals surface area contributed by atoms with Crippen LogP contribution in [-0.2, 0) is 14.3 Å². The molecule has 158 valence electrons. The summed E-state index contributed by atoms with van der Waals surface area (Å²) in [4.78, 5) is 26.6. The van der Waals surface area contributed by atoms with Crippen molar-refractivity contribution >= 4 is 12.1 Å². The Kier molecular flexibility index (Phi) is 5.28. The summed E-state index contributed by atoms with van der Waals surface area (Å²) >= 11 is 0. The second-order valence-corrected chi connectivity index (χ2v) is 8.90. The third kappa shape index (κ3) is 3.92. The van der Waals surface area contributed by atoms with E-state index in [0.29, 0.717) is 0 Å². The average molecular weight is 409 g/mol. The third-order valence-electron chi connectivity index (χ3n) is 5.53. The molecule has 2 aromatic carbocycles. The van der Waals surface area contributed by atoms with Gasteiger partial charge in [-0.3, -0.25) is 4.90 Å². The first kappa shape index (κ1) is 20.4. The molecule has 4 rings (SSSR count). The number of aliphatic hydroxyl groups excluding tert-OH is 1. The Balaban J connectivity index is 1.49. The number of nitrogens with zero attached hydrogens (tertiary/aromatic N) is 1. The van der Waals surface area contributed by atoms with Gasteiger partial charge in [0.15, 0.2) is 0 Å². The standard InChI is InChI=1S/C24H27NO5/c1-24(2,3)30-22(27)21-12-15(26)13-25(21)23(28)29-14-20-18-10-6-4-8-16(18)17-9-5-7-11-19(17)20/h4-11,15,20-21,26H,12-14H2,1-3H3/t15-,21+/m1/s1. The van der Waals surface area contributed by atoms with Crippen molar-refractivity contribution in [2.75, 3.05) is 13.2 Å². The average Bonchev–Trinajstić information content (AvgIpc) is 3.23. The maximum absolute atomic E-state index is 12.8. The van der Waals surface area contributed by atoms with Crippen LogP contribution < -0.4 is 0 Å². The summed E-state index contributed by atoms with van der Waals surface area (Å²) in [5, 5.41) is 10.0. The zero-order valence-corrected chi connectivity index (χ0v) is 17.5. The predicted octanol–water partition coefficient (Wildman–Crippen LogP) is 3.71. The molecule has 0 aromatic heterocycles. The number of fused-ring (bicyclic) bond motifs is 3. The second kappa shape index (κ2) is 7.76. The molecule has 1 fully saturated rings. The number of ether oxygens (including phenoxy) is 2. The van der Waals surface area contributed by atoms with Crippen LogP contribution in [0.15, 0.2) is 48.5 Å². The van der Waals surface area contributed by atoms with E-state index in [1.54, 1.807) is 20.8 Å². The number of hydrogen-bond acceptors (Lipinski definition) is 5. The van der Waals surface area contributed by atoms with Crippen molar-refractivity contribution < 1.29 is 24.2 Å². The van der Waals surface area contributed by atoms with E-state index in [2.05, 4.69) is 24.3 Å². The molecule has 1 N–H and O–H groups in total. The van der Waals surface area contributed by atoms with Crippen LogP contribution in [0.3, 0.4) is 0 Å². The van der Waals surface area contributed by atoms with Crippen molar-refractivity contribution in [3.05, 3.63) is 59.7 Å². The number of carbonyl (C=O) groups excluding carboxylic acids is 2. The van der Waals surface area contributed by atoms with Crippen LogP contribution in [-0.4, -0.2) is 53.0 Å². The van der Waals surface area contributed by atoms with Crippen molar-refractivity contribution in [3.8, 4) is 11.1 Å². The van der Waals surface area contributed by atoms with Crippen LogP contribution in [0.4, 0.5) is 4.79 Å². The molecule has 0 saturated carbocycles. The molecule has 0 spiro atoms. The van der Waals surface area contributed by atoms with Gasteiger partial charge in [0.1, 0.15) is 18.2 Å². The number of esters is 1. The quantitative estimate of drug-likeness (QED) is 0.782. The topological polar surface area (TPSA) is 76.1 Å². The van der Waals surface area contributed by atoms with Gasteiger partial charge in [-0.25, -0.2) is 9.59 Å². The van der Waals surface area contributed by atoms with Crippen LogP contribution in [0, 0.1) is 0 Å². The number of rotatable bonds is 3. The fourth-order valence-electron chi connectivity index (χ4n) is 4.29. The zero-order chi connectivity index (χ0) is 21.5. The summed E-state index contributed by atoms with van der Waals surface area (Å²) in [7, 11) is 0. The molecule has 6 nitrogen and oxygen atoms in total. The van der Waals surface area contributed by atoms with Crippen molar-refractivity contribution in [2.24, 2.45) is 0 Å². The predicted molar refractivity (Wildman–Crippen MR) is 112 cm³/mol. The summed E-state index contributed by atoms with van der Waals surface area (Å²) in [5.41, 5.74) is 3.88. The van der Waals surface area contributed by atoms with Crippen molar-refractivity contribution in [2.45, 2.75) is 50.9 Å². The van der Waals surface area contributed by atoms with Gasteiger partial charge >= 0.3 is 12.1 Å². The number of likely N-dealkylation sites (tertiary alicyclic amines) is 1. The molecule has 0 bridgehead atoms. The number of carbonyl (C=O) groups is 2. The minimum absolute atomic E-state index is 0.0561. The Morgan fingerprint density at radius 1 is 1.03 bits per heavy atom. The largest absolute Gasteiger partial charge is 0.458 e. The molecular weight excluding hydrogens is 382 g/mol. The molecule has 1 heterocycles. The Morgan fingerprint density at radius 2 is 1.60 bits per heavy atom. The van der Waals surface area contributed by atoms with Crippen molar-refractivity contribution in [1.82, 2.24) is 4.90 Å². The molecular formula is C24H27NO5. The summed E-state index contributed by atoms with van der Waals surface area (Å²) in [5.74, 6) is -0.582. The van der Waals surface area contributed by atoms with Crippen LogP contribution in [0.2, 0.25) is 0 Å². The monoisotopic (exact) mass is 409 g/mol. The molecule has 1 aliphatic heterocycles. The fourth-order valence-corrected chi connectivity index (χ4v) is 4.29. The maximum atomic E-state index is 12.8. The van der Waals surface area contributed by atoms with Gasteiger partial charge in [0.25, 0.3) is 0 Å². The highest BCUT2D eigenvalue weighted by Gasteiger charge is 2.42. The summed E-state index contributed by atoms with van der Waals surface area (Å²) in [6.45, 7) is 5.54. The van der Waals surface area contributed by atoms with Crippen LogP contribution in [0.1, 0.15) is 44.2 Å². The molecule has 2 aliphatic rings. The Bertz CT molecular complexity index is 919. The fraction of sp³-hybridized carbons (Fsp3) is 0.417. The smallest absolute Gasteiger partial charge is 0.410 e. The Morgan fingerprint density at radius 3 is 2.17 bits per heavy atom. The van der Waals surface area contributed by atoms with Crippen molar-refractivity contribution in [3.63, 3.8) is 0 Å². The molecule has 1 aliphatic carbocycles. The van der Waals surface area contributed by atoms with E-state index in [9.17, 15) is 14.7 Å². The van der Waals surface area contributed by atoms with E-state index >= 15 is 0 Å². The summed E-state index contributed by atoms with van der Waals surface area (Å²) in [6, 6.07) is 15.4. The molecule has 1 saturated heterocycles. The van der Waals surface area contributed by atoms with E-state index in [-0.39, 0.29) is 25.5 Å². The minimum Gasteiger partial charge on any atom is -0.458 e. The molecule has 6 heteroatoms. The molecule has 0 radical (unpaired) electrons. The molecule has 2 aromatic rings. The highest BCUT2D eigenvalue weighted by Crippen LogP contribution is 2.44. The molecule has 30 heavy (non-hydrogen) atoms. The van der Waals surface area contributed by atoms with Crippen LogP contribution in [0.25, 0.3) is 11.1 Å². The Labute approximate surface area is 176 Å². The van der Waals surface area contributed by atoms with E-state index in [0.717, 1.165) is 22.3 Å². The van der Waals surface area contributed by atoms with E-state index in [1.807, 2.05) is 24.3 Å². The lowest BCUT2D eigenvalue weighted by atomic mass is 9.98. The first-order chi connectivity index (χ1) is 14.2. The lowest BCUT2D eigenvalue weighted by molar-refractivity contribution is -0.159. The number of benzene rings is 2. The highest BCUT2D eigenvalue weighted by molar-refractivity contribution is 5.83. The van der Waals surface area contributed by atoms with Gasteiger partial charge in [-0.2, -0.15) is 0 Å². The molecule has 1 amide bonds. The lowest BCUT2D eigenvalue weighted by Crippen LogP contribution is -2.44. The lowest BCUT2D eigenvalue weighted by Gasteiger charge is -2.27. The first-order valence-electron chi connectivity index (χ1n) is 10.3. The number of hydrogen-bond donors (Lipinski definition) is 1. The third-order valence-corrected chi connectivity index (χ3v) is 5.53. The van der Waals surface area contributed by atoms with E-state index in [1.165, 1.54) is 4.90 Å². The number of β-amino-alcohol motifs (C(OH)–C–C–N with tert-alkyl or cyclic N) is 1. The van der Waals surface area contributed by atoms with Gasteiger partial charge in [-0.15, -0.1) is 0 Å². The molecule has 0 unspecified atom stereocenters. The van der Waals surface area contributed by atoms with Gasteiger partial charge in [-0.1, -0.05) is 48.5 Å². The van der Waals surface area contributed by atoms with Gasteiger partial charge in [0.05, 0.1) is 12.6 Å². The van der Waals surface area contributed by atoms with Gasteiger partial charge < -0.3 is 14.6 Å². The summed E-state index contributed by atoms with van der Waals surface area (Å²) < 4.78 is 11.1. The van der Waals surface area contributed by atoms with Gasteiger partial charge in [0, 0.05) is 12.3 Å². The number of aliphatic hydroxyl groups is 1. The SMILES string of the molecule is CC(C)(C)OC(=O)[C@@H]1C[C@@H](O)CN1C(=O)OCC1c2ccccc2-c2ccccc21. The zero-order valence-electron chi connectivity index (χ0n) is 17.5. The minimum atomic E-state index is -0.838. The van der Waals surface area contributed by atoms with Gasteiger partial charge in [-0.05, 0) is 43.0 Å². The van der Waals surface area contributed by atoms with Crippen LogP contribution in [0.5, 0.6) is 0 Å².